The van der Waals surface area contributed by atoms with Crippen molar-refractivity contribution in [2.45, 2.75) is 13.0 Å². The van der Waals surface area contributed by atoms with Crippen molar-refractivity contribution in [1.29, 1.82) is 0 Å². The Kier molecular flexibility index (Phi) is 5.30. The minimum atomic E-state index is -0.803. The number of carbonyl (C=O) groups excluding carboxylic acids is 3. The van der Waals surface area contributed by atoms with Crippen molar-refractivity contribution < 1.29 is 14.4 Å². The maximum absolute atomic E-state index is 13.4. The van der Waals surface area contributed by atoms with Gasteiger partial charge < -0.3 is 20.9 Å². The molecule has 33 heavy (non-hydrogen) atoms. The lowest BCUT2D eigenvalue weighted by Crippen LogP contribution is -2.59. The minimum absolute atomic E-state index is 0.0739. The lowest BCUT2D eigenvalue weighted by Gasteiger charge is -2.39. The van der Waals surface area contributed by atoms with Crippen LogP contribution >= 0.6 is 22.9 Å². The minimum Gasteiger partial charge on any atom is -0.389 e. The molecule has 5 rings (SSSR count). The van der Waals surface area contributed by atoms with E-state index in [9.17, 15) is 14.4 Å². The summed E-state index contributed by atoms with van der Waals surface area (Å²) in [5.74, 6) is -0.912. The van der Waals surface area contributed by atoms with Crippen LogP contribution in [-0.4, -0.2) is 58.2 Å². The number of anilines is 2. The number of nitrogen functional groups attached to an aromatic ring is 1. The summed E-state index contributed by atoms with van der Waals surface area (Å²) >= 11 is 7.24. The second-order valence-corrected chi connectivity index (χ2v) is 9.64. The van der Waals surface area contributed by atoms with Crippen LogP contribution in [0.5, 0.6) is 0 Å². The Bertz CT molecular complexity index is 1290. The van der Waals surface area contributed by atoms with E-state index < -0.39 is 6.04 Å². The molecule has 2 aromatic carbocycles. The highest BCUT2D eigenvalue weighted by atomic mass is 35.5. The van der Waals surface area contributed by atoms with Crippen LogP contribution in [0.25, 0.3) is 11.1 Å². The van der Waals surface area contributed by atoms with Gasteiger partial charge in [-0.25, -0.2) is 4.98 Å². The van der Waals surface area contributed by atoms with E-state index in [2.05, 4.69) is 10.3 Å². The molecule has 10 heteroatoms. The summed E-state index contributed by atoms with van der Waals surface area (Å²) in [5.41, 5.74) is 8.76. The number of nitrogens with zero attached hydrogens (tertiary/aromatic N) is 3. The van der Waals surface area contributed by atoms with Gasteiger partial charge >= 0.3 is 0 Å². The van der Waals surface area contributed by atoms with E-state index in [4.69, 9.17) is 17.3 Å². The first-order valence-electron chi connectivity index (χ1n) is 10.4. The number of fused-ring (bicyclic) bond motifs is 2. The normalized spacial score (nSPS) is 17.8. The molecule has 0 saturated carbocycles. The maximum atomic E-state index is 13.4. The van der Waals surface area contributed by atoms with Crippen molar-refractivity contribution in [2.24, 2.45) is 0 Å². The second-order valence-electron chi connectivity index (χ2n) is 7.97. The zero-order chi connectivity index (χ0) is 23.3. The van der Waals surface area contributed by atoms with Crippen LogP contribution < -0.4 is 11.1 Å². The van der Waals surface area contributed by atoms with E-state index in [0.717, 1.165) is 11.1 Å². The molecule has 1 atom stereocenters. The third-order valence-corrected chi connectivity index (χ3v) is 6.93. The molecule has 2 aliphatic heterocycles. The van der Waals surface area contributed by atoms with Crippen LogP contribution in [-0.2, 0) is 4.79 Å². The van der Waals surface area contributed by atoms with Gasteiger partial charge in [0.05, 0.1) is 22.8 Å². The monoisotopic (exact) mass is 481 g/mol. The lowest BCUT2D eigenvalue weighted by molar-refractivity contribution is -0.121. The standard InChI is InChI=1S/C23H20ClN5O3S/c1-12-26-19(20(25)33-12)23(32)28-8-9-29-18(11-28)21(30)27-17-7-4-14(10-16(17)22(29)31)13-2-5-15(24)6-3-13/h2-7,10,18H,8-9,11,25H2,1H3,(H,27,30). The van der Waals surface area contributed by atoms with Gasteiger partial charge in [-0.15, -0.1) is 11.3 Å². The van der Waals surface area contributed by atoms with Crippen LogP contribution in [0.1, 0.15) is 25.9 Å². The molecule has 3 heterocycles. The third kappa shape index (κ3) is 3.83. The van der Waals surface area contributed by atoms with Gasteiger partial charge in [-0.05, 0) is 42.3 Å². The molecule has 3 aromatic rings. The molecule has 0 bridgehead atoms. The smallest absolute Gasteiger partial charge is 0.275 e. The molecule has 2 aliphatic rings. The summed E-state index contributed by atoms with van der Waals surface area (Å²) in [6.07, 6.45) is 0. The largest absolute Gasteiger partial charge is 0.389 e. The Labute approximate surface area is 199 Å². The van der Waals surface area contributed by atoms with E-state index in [1.54, 1.807) is 31.2 Å². The van der Waals surface area contributed by atoms with E-state index >= 15 is 0 Å². The molecule has 1 fully saturated rings. The van der Waals surface area contributed by atoms with Crippen molar-refractivity contribution >= 4 is 51.3 Å². The Morgan fingerprint density at radius 2 is 1.88 bits per heavy atom. The van der Waals surface area contributed by atoms with Crippen LogP contribution in [0.4, 0.5) is 10.7 Å². The molecule has 0 aliphatic carbocycles. The van der Waals surface area contributed by atoms with E-state index in [-0.39, 0.29) is 43.0 Å². The molecule has 1 saturated heterocycles. The SMILES string of the molecule is Cc1nc(C(=O)N2CCN3C(=O)c4cc(-c5ccc(Cl)cc5)ccc4NC(=O)C3C2)c(N)s1. The fourth-order valence-electron chi connectivity index (χ4n) is 4.20. The number of thiazole rings is 1. The number of aromatic nitrogens is 1. The van der Waals surface area contributed by atoms with Crippen LogP contribution in [0.15, 0.2) is 42.5 Å². The Morgan fingerprint density at radius 3 is 2.58 bits per heavy atom. The van der Waals surface area contributed by atoms with Gasteiger partial charge in [0.15, 0.2) is 5.69 Å². The van der Waals surface area contributed by atoms with E-state index in [1.807, 2.05) is 18.2 Å². The van der Waals surface area contributed by atoms with Gasteiger partial charge in [0.2, 0.25) is 5.91 Å². The van der Waals surface area contributed by atoms with Crippen molar-refractivity contribution in [1.82, 2.24) is 14.8 Å². The highest BCUT2D eigenvalue weighted by molar-refractivity contribution is 7.15. The first-order valence-corrected chi connectivity index (χ1v) is 11.6. The van der Waals surface area contributed by atoms with Gasteiger partial charge in [0.1, 0.15) is 11.0 Å². The number of amides is 3. The zero-order valence-electron chi connectivity index (χ0n) is 17.7. The molecular weight excluding hydrogens is 462 g/mol. The average Bonchev–Trinajstić information content (AvgIpc) is 3.11. The fourth-order valence-corrected chi connectivity index (χ4v) is 5.01. The summed E-state index contributed by atoms with van der Waals surface area (Å²) in [6.45, 7) is 2.38. The van der Waals surface area contributed by atoms with Gasteiger partial charge in [-0.3, -0.25) is 14.4 Å². The first-order chi connectivity index (χ1) is 15.8. The second kappa shape index (κ2) is 8.17. The highest BCUT2D eigenvalue weighted by Gasteiger charge is 2.41. The Balaban J connectivity index is 1.43. The third-order valence-electron chi connectivity index (χ3n) is 5.88. The van der Waals surface area contributed by atoms with Gasteiger partial charge in [-0.1, -0.05) is 29.8 Å². The number of carbonyl (C=O) groups is 3. The number of hydrogen-bond donors (Lipinski definition) is 2. The summed E-state index contributed by atoms with van der Waals surface area (Å²) in [7, 11) is 0. The molecule has 0 radical (unpaired) electrons. The fraction of sp³-hybridized carbons (Fsp3) is 0.217. The molecular formula is C23H20ClN5O3S. The van der Waals surface area contributed by atoms with Crippen molar-refractivity contribution in [3.8, 4) is 11.1 Å². The van der Waals surface area contributed by atoms with Crippen LogP contribution in [0, 0.1) is 6.92 Å². The number of benzene rings is 2. The topological polar surface area (TPSA) is 109 Å². The van der Waals surface area contributed by atoms with Crippen molar-refractivity contribution in [3.05, 3.63) is 63.8 Å². The number of hydrogen-bond acceptors (Lipinski definition) is 6. The molecule has 0 spiro atoms. The first kappa shape index (κ1) is 21.4. The Morgan fingerprint density at radius 1 is 1.15 bits per heavy atom. The van der Waals surface area contributed by atoms with Crippen molar-refractivity contribution in [2.75, 3.05) is 30.7 Å². The van der Waals surface area contributed by atoms with Crippen LogP contribution in [0.3, 0.4) is 0 Å². The predicted molar refractivity (Wildman–Crippen MR) is 128 cm³/mol. The average molecular weight is 482 g/mol. The number of aryl methyl sites for hydroxylation is 1. The molecule has 8 nitrogen and oxygen atoms in total. The molecule has 168 valence electrons. The summed E-state index contributed by atoms with van der Waals surface area (Å²) < 4.78 is 0. The quantitative estimate of drug-likeness (QED) is 0.584. The molecule has 3 N–H and O–H groups in total. The summed E-state index contributed by atoms with van der Waals surface area (Å²) in [4.78, 5) is 46.7. The van der Waals surface area contributed by atoms with Crippen LogP contribution in [0.2, 0.25) is 5.02 Å². The highest BCUT2D eigenvalue weighted by Crippen LogP contribution is 2.31. The van der Waals surface area contributed by atoms with E-state index in [0.29, 0.717) is 26.3 Å². The summed E-state index contributed by atoms with van der Waals surface area (Å²) in [5, 5.41) is 4.53. The number of nitrogens with two attached hydrogens (primary N) is 1. The number of nitrogens with one attached hydrogen (secondary N) is 1. The maximum Gasteiger partial charge on any atom is 0.275 e. The van der Waals surface area contributed by atoms with Gasteiger partial charge in [0, 0.05) is 18.1 Å². The van der Waals surface area contributed by atoms with Gasteiger partial charge in [0.25, 0.3) is 11.8 Å². The van der Waals surface area contributed by atoms with E-state index in [1.165, 1.54) is 21.1 Å². The predicted octanol–water partition coefficient (Wildman–Crippen LogP) is 3.27. The zero-order valence-corrected chi connectivity index (χ0v) is 19.2. The number of rotatable bonds is 2. The number of halogens is 1. The molecule has 1 unspecified atom stereocenters. The lowest BCUT2D eigenvalue weighted by atomic mass is 10.0. The Hall–Kier alpha value is -3.43. The van der Waals surface area contributed by atoms with Gasteiger partial charge in [-0.2, -0.15) is 0 Å². The summed E-state index contributed by atoms with van der Waals surface area (Å²) in [6, 6.07) is 11.9. The molecule has 3 amide bonds. The van der Waals surface area contributed by atoms with Crippen molar-refractivity contribution in [3.63, 3.8) is 0 Å². The number of piperazine rings is 1. The molecule has 1 aromatic heterocycles.